The monoisotopic (exact) mass is 264 g/mol. The number of hydrogen-bond acceptors (Lipinski definition) is 4. The maximum absolute atomic E-state index is 11.4. The summed E-state index contributed by atoms with van der Waals surface area (Å²) in [5.74, 6) is -1.59. The van der Waals surface area contributed by atoms with Crippen LogP contribution in [0.15, 0.2) is 30.3 Å². The van der Waals surface area contributed by atoms with Crippen molar-refractivity contribution in [2.24, 2.45) is 0 Å². The summed E-state index contributed by atoms with van der Waals surface area (Å²) >= 11 is 0. The van der Waals surface area contributed by atoms with Crippen molar-refractivity contribution in [3.63, 3.8) is 0 Å². The average Bonchev–Trinajstić information content (AvgIpc) is 2.36. The third-order valence-electron chi connectivity index (χ3n) is 2.35. The van der Waals surface area contributed by atoms with Crippen LogP contribution >= 0.6 is 0 Å². The Morgan fingerprint density at radius 3 is 2.47 bits per heavy atom. The van der Waals surface area contributed by atoms with Gasteiger partial charge in [-0.1, -0.05) is 24.3 Å². The number of carbonyl (C=O) groups is 2. The number of aliphatic carboxylic acids is 1. The van der Waals surface area contributed by atoms with Gasteiger partial charge < -0.3 is 14.9 Å². The molecule has 1 aromatic rings. The van der Waals surface area contributed by atoms with Gasteiger partial charge >= 0.3 is 11.9 Å². The fraction of sp³-hybridized carbons (Fsp3) is 0.286. The van der Waals surface area contributed by atoms with Gasteiger partial charge in [-0.25, -0.2) is 4.79 Å². The van der Waals surface area contributed by atoms with Crippen molar-refractivity contribution in [3.05, 3.63) is 41.5 Å². The Morgan fingerprint density at radius 2 is 1.95 bits per heavy atom. The Bertz CT molecular complexity index is 461. The van der Waals surface area contributed by atoms with Gasteiger partial charge in [0, 0.05) is 6.08 Å². The number of ether oxygens (including phenoxy) is 1. The highest BCUT2D eigenvalue weighted by Crippen LogP contribution is 2.07. The van der Waals surface area contributed by atoms with E-state index in [1.165, 1.54) is 13.0 Å². The zero-order valence-corrected chi connectivity index (χ0v) is 10.6. The number of carboxylic acid groups (broad SMARTS) is 1. The normalized spacial score (nSPS) is 12.3. The topological polar surface area (TPSA) is 83.8 Å². The van der Waals surface area contributed by atoms with E-state index in [0.29, 0.717) is 0 Å². The lowest BCUT2D eigenvalue weighted by molar-refractivity contribution is -0.147. The molecule has 5 nitrogen and oxygen atoms in total. The number of benzene rings is 1. The second-order valence-corrected chi connectivity index (χ2v) is 4.08. The summed E-state index contributed by atoms with van der Waals surface area (Å²) in [4.78, 5) is 21.8. The Labute approximate surface area is 111 Å². The molecule has 0 heterocycles. The van der Waals surface area contributed by atoms with Gasteiger partial charge in [-0.3, -0.25) is 4.79 Å². The molecule has 0 aliphatic heterocycles. The molecule has 1 rings (SSSR count). The summed E-state index contributed by atoms with van der Waals surface area (Å²) in [6, 6.07) is 7.02. The first-order valence-electron chi connectivity index (χ1n) is 5.81. The summed E-state index contributed by atoms with van der Waals surface area (Å²) in [6.45, 7) is 1.49. The predicted octanol–water partition coefficient (Wildman–Crippen LogP) is 1.60. The zero-order chi connectivity index (χ0) is 14.3. The molecule has 102 valence electrons. The largest absolute Gasteiger partial charge is 0.481 e. The minimum atomic E-state index is -1.01. The molecule has 19 heavy (non-hydrogen) atoms. The summed E-state index contributed by atoms with van der Waals surface area (Å²) in [5, 5.41) is 17.4. The minimum Gasteiger partial charge on any atom is -0.481 e. The highest BCUT2D eigenvalue weighted by Gasteiger charge is 2.10. The number of aliphatic hydroxyl groups is 1. The van der Waals surface area contributed by atoms with Crippen molar-refractivity contribution in [2.45, 2.75) is 26.1 Å². The fourth-order valence-electron chi connectivity index (χ4n) is 1.42. The van der Waals surface area contributed by atoms with Crippen molar-refractivity contribution in [1.29, 1.82) is 0 Å². The number of rotatable bonds is 6. The van der Waals surface area contributed by atoms with Crippen LogP contribution in [0.3, 0.4) is 0 Å². The summed E-state index contributed by atoms with van der Waals surface area (Å²) in [5.41, 5.74) is 1.58. The van der Waals surface area contributed by atoms with E-state index in [9.17, 15) is 9.59 Å². The van der Waals surface area contributed by atoms with E-state index in [1.54, 1.807) is 30.3 Å². The lowest BCUT2D eigenvalue weighted by Gasteiger charge is -2.08. The SMILES string of the molecule is CC(CC(=O)O)OC(=O)C=Cc1ccc(CO)cc1. The predicted molar refractivity (Wildman–Crippen MR) is 69.2 cm³/mol. The van der Waals surface area contributed by atoms with Crippen molar-refractivity contribution in [3.8, 4) is 0 Å². The number of carboxylic acids is 1. The van der Waals surface area contributed by atoms with E-state index in [2.05, 4.69) is 0 Å². The maximum Gasteiger partial charge on any atom is 0.331 e. The maximum atomic E-state index is 11.4. The summed E-state index contributed by atoms with van der Waals surface area (Å²) < 4.78 is 4.88. The number of carbonyl (C=O) groups excluding carboxylic acids is 1. The van der Waals surface area contributed by atoms with E-state index in [4.69, 9.17) is 14.9 Å². The van der Waals surface area contributed by atoms with Crippen LogP contribution in [-0.4, -0.2) is 28.3 Å². The second kappa shape index (κ2) is 7.33. The number of hydrogen-bond donors (Lipinski definition) is 2. The lowest BCUT2D eigenvalue weighted by Crippen LogP contribution is -2.16. The molecule has 0 spiro atoms. The number of aliphatic hydroxyl groups excluding tert-OH is 1. The summed E-state index contributed by atoms with van der Waals surface area (Å²) in [6.07, 6.45) is 1.93. The van der Waals surface area contributed by atoms with Gasteiger partial charge in [0.2, 0.25) is 0 Å². The molecular formula is C14H16O5. The molecule has 0 aromatic heterocycles. The van der Waals surface area contributed by atoms with Gasteiger partial charge in [0.1, 0.15) is 6.10 Å². The van der Waals surface area contributed by atoms with Crippen LogP contribution in [0.1, 0.15) is 24.5 Å². The fourth-order valence-corrected chi connectivity index (χ4v) is 1.42. The van der Waals surface area contributed by atoms with Crippen LogP contribution < -0.4 is 0 Å². The highest BCUT2D eigenvalue weighted by molar-refractivity contribution is 5.87. The molecule has 0 aliphatic carbocycles. The third-order valence-corrected chi connectivity index (χ3v) is 2.35. The molecule has 0 fully saturated rings. The quantitative estimate of drug-likeness (QED) is 0.602. The molecule has 0 saturated carbocycles. The molecule has 0 aliphatic rings. The Balaban J connectivity index is 2.50. The first-order chi connectivity index (χ1) is 9.01. The molecule has 0 bridgehead atoms. The van der Waals surface area contributed by atoms with Gasteiger partial charge in [0.05, 0.1) is 13.0 Å². The van der Waals surface area contributed by atoms with Gasteiger partial charge in [0.15, 0.2) is 0 Å². The highest BCUT2D eigenvalue weighted by atomic mass is 16.5. The van der Waals surface area contributed by atoms with Crippen LogP contribution in [0.25, 0.3) is 6.08 Å². The van der Waals surface area contributed by atoms with Crippen LogP contribution in [0.4, 0.5) is 0 Å². The van der Waals surface area contributed by atoms with E-state index in [-0.39, 0.29) is 13.0 Å². The third kappa shape index (κ3) is 5.83. The average molecular weight is 264 g/mol. The molecule has 1 aromatic carbocycles. The minimum absolute atomic E-state index is 0.0290. The Morgan fingerprint density at radius 1 is 1.32 bits per heavy atom. The standard InChI is InChI=1S/C14H16O5/c1-10(8-13(16)17)19-14(18)7-6-11-2-4-12(9-15)5-3-11/h2-7,10,15H,8-9H2,1H3,(H,16,17). The Hall–Kier alpha value is -2.14. The van der Waals surface area contributed by atoms with Crippen molar-refractivity contribution in [2.75, 3.05) is 0 Å². The molecule has 0 amide bonds. The van der Waals surface area contributed by atoms with Crippen molar-refractivity contribution in [1.82, 2.24) is 0 Å². The first kappa shape index (κ1) is 14.9. The summed E-state index contributed by atoms with van der Waals surface area (Å²) in [7, 11) is 0. The molecule has 0 saturated heterocycles. The molecular weight excluding hydrogens is 248 g/mol. The van der Waals surface area contributed by atoms with Gasteiger partial charge in [-0.15, -0.1) is 0 Å². The van der Waals surface area contributed by atoms with Crippen LogP contribution in [0.2, 0.25) is 0 Å². The van der Waals surface area contributed by atoms with Crippen LogP contribution in [0.5, 0.6) is 0 Å². The zero-order valence-electron chi connectivity index (χ0n) is 10.6. The second-order valence-electron chi connectivity index (χ2n) is 4.08. The van der Waals surface area contributed by atoms with Crippen molar-refractivity contribution < 1.29 is 24.5 Å². The van der Waals surface area contributed by atoms with E-state index in [0.717, 1.165) is 11.1 Å². The van der Waals surface area contributed by atoms with Crippen LogP contribution in [0, 0.1) is 0 Å². The lowest BCUT2D eigenvalue weighted by atomic mass is 10.1. The molecule has 5 heteroatoms. The molecule has 1 atom stereocenters. The van der Waals surface area contributed by atoms with E-state index >= 15 is 0 Å². The van der Waals surface area contributed by atoms with Gasteiger partial charge in [-0.2, -0.15) is 0 Å². The van der Waals surface area contributed by atoms with E-state index < -0.39 is 18.0 Å². The van der Waals surface area contributed by atoms with Gasteiger partial charge in [0.25, 0.3) is 0 Å². The van der Waals surface area contributed by atoms with Crippen LogP contribution in [-0.2, 0) is 20.9 Å². The number of esters is 1. The van der Waals surface area contributed by atoms with Crippen molar-refractivity contribution >= 4 is 18.0 Å². The van der Waals surface area contributed by atoms with E-state index in [1.807, 2.05) is 0 Å². The smallest absolute Gasteiger partial charge is 0.331 e. The molecule has 0 radical (unpaired) electrons. The first-order valence-corrected chi connectivity index (χ1v) is 5.81. The van der Waals surface area contributed by atoms with Gasteiger partial charge in [-0.05, 0) is 24.1 Å². The Kier molecular flexibility index (Phi) is 5.75. The molecule has 2 N–H and O–H groups in total. The molecule has 1 unspecified atom stereocenters.